The zero-order valence-electron chi connectivity index (χ0n) is 20.2. The zero-order valence-corrected chi connectivity index (χ0v) is 20.2. The van der Waals surface area contributed by atoms with Crippen molar-refractivity contribution in [1.29, 1.82) is 0 Å². The Kier molecular flexibility index (Phi) is 8.00. The quantitative estimate of drug-likeness (QED) is 0.634. The smallest absolute Gasteiger partial charge is 0.409 e. The van der Waals surface area contributed by atoms with Crippen LogP contribution >= 0.6 is 0 Å². The second-order valence-corrected chi connectivity index (χ2v) is 9.32. The molecular weight excluding hydrogens is 456 g/mol. The highest BCUT2D eigenvalue weighted by Gasteiger charge is 2.34. The Bertz CT molecular complexity index is 1000. The fraction of sp³-hybridized carbons (Fsp3) is 0.560. The van der Waals surface area contributed by atoms with Gasteiger partial charge < -0.3 is 25.0 Å². The zero-order chi connectivity index (χ0) is 24.9. The van der Waals surface area contributed by atoms with Crippen molar-refractivity contribution >= 4 is 12.0 Å². The molecule has 2 aliphatic rings. The molecule has 1 aromatic heterocycles. The first kappa shape index (κ1) is 25.1. The third-order valence-electron chi connectivity index (χ3n) is 6.83. The number of hydrogen-bond acceptors (Lipinski definition) is 7. The largest absolute Gasteiger partial charge is 0.487 e. The molecule has 1 aromatic carbocycles. The molecule has 3 heterocycles. The van der Waals surface area contributed by atoms with Gasteiger partial charge in [-0.05, 0) is 55.9 Å². The lowest BCUT2D eigenvalue weighted by Gasteiger charge is -2.34. The molecule has 0 bridgehead atoms. The Morgan fingerprint density at radius 1 is 1.20 bits per heavy atom. The van der Waals surface area contributed by atoms with Crippen molar-refractivity contribution in [2.45, 2.75) is 51.2 Å². The molecule has 1 amide bonds. The number of benzene rings is 1. The van der Waals surface area contributed by atoms with Crippen molar-refractivity contribution in [2.75, 3.05) is 37.7 Å². The highest BCUT2D eigenvalue weighted by molar-refractivity contribution is 5.67. The number of amides is 1. The van der Waals surface area contributed by atoms with E-state index < -0.39 is 11.6 Å². The number of hydrogen-bond donors (Lipinski definition) is 1. The third-order valence-corrected chi connectivity index (χ3v) is 6.83. The summed E-state index contributed by atoms with van der Waals surface area (Å²) in [5.74, 6) is 0.0387. The monoisotopic (exact) mass is 489 g/mol. The molecule has 10 heteroatoms. The molecule has 0 unspecified atom stereocenters. The van der Waals surface area contributed by atoms with Gasteiger partial charge in [0.15, 0.2) is 5.75 Å². The number of anilines is 1. The number of halogens is 2. The van der Waals surface area contributed by atoms with Crippen LogP contribution in [0.15, 0.2) is 30.6 Å². The van der Waals surface area contributed by atoms with E-state index in [1.165, 1.54) is 6.07 Å². The summed E-state index contributed by atoms with van der Waals surface area (Å²) in [5, 5.41) is 0. The topological polar surface area (TPSA) is 93.8 Å². The first-order valence-corrected chi connectivity index (χ1v) is 12.2. The van der Waals surface area contributed by atoms with Gasteiger partial charge in [0.1, 0.15) is 11.6 Å². The maximum absolute atomic E-state index is 14.2. The molecule has 8 nitrogen and oxygen atoms in total. The van der Waals surface area contributed by atoms with Crippen molar-refractivity contribution in [3.8, 4) is 5.75 Å². The van der Waals surface area contributed by atoms with Gasteiger partial charge in [-0.3, -0.25) is 0 Å². The summed E-state index contributed by atoms with van der Waals surface area (Å²) in [7, 11) is 0. The molecule has 0 aliphatic carbocycles. The van der Waals surface area contributed by atoms with Gasteiger partial charge in [0.2, 0.25) is 5.95 Å². The third kappa shape index (κ3) is 5.98. The minimum absolute atomic E-state index is 0.0567. The Balaban J connectivity index is 1.30. The molecule has 0 spiro atoms. The molecule has 0 saturated carbocycles. The van der Waals surface area contributed by atoms with Crippen molar-refractivity contribution < 1.29 is 23.0 Å². The Labute approximate surface area is 204 Å². The van der Waals surface area contributed by atoms with Crippen molar-refractivity contribution in [1.82, 2.24) is 14.9 Å². The van der Waals surface area contributed by atoms with Gasteiger partial charge in [-0.15, -0.1) is 0 Å². The molecule has 4 rings (SSSR count). The van der Waals surface area contributed by atoms with Crippen molar-refractivity contribution in [3.63, 3.8) is 0 Å². The van der Waals surface area contributed by atoms with Crippen LogP contribution in [0.3, 0.4) is 0 Å². The fourth-order valence-electron chi connectivity index (χ4n) is 4.80. The number of carbonyl (C=O) groups excluding carboxylic acids is 1. The van der Waals surface area contributed by atoms with Gasteiger partial charge in [0.05, 0.1) is 25.1 Å². The van der Waals surface area contributed by atoms with Crippen LogP contribution in [0.5, 0.6) is 5.75 Å². The molecule has 0 radical (unpaired) electrons. The molecular formula is C25H33F2N5O3. The van der Waals surface area contributed by atoms with Crippen LogP contribution in [0.4, 0.5) is 19.5 Å². The maximum Gasteiger partial charge on any atom is 0.409 e. The summed E-state index contributed by atoms with van der Waals surface area (Å²) < 4.78 is 39.2. The van der Waals surface area contributed by atoms with Crippen LogP contribution in [0, 0.1) is 17.6 Å². The molecule has 35 heavy (non-hydrogen) atoms. The van der Waals surface area contributed by atoms with Gasteiger partial charge in [-0.1, -0.05) is 6.92 Å². The number of aromatic nitrogens is 2. The predicted octanol–water partition coefficient (Wildman–Crippen LogP) is 3.71. The fourth-order valence-corrected chi connectivity index (χ4v) is 4.80. The Morgan fingerprint density at radius 3 is 2.60 bits per heavy atom. The minimum atomic E-state index is -0.485. The number of nitrogens with two attached hydrogens (primary N) is 1. The number of carbonyl (C=O) groups is 1. The molecule has 2 N–H and O–H groups in total. The van der Waals surface area contributed by atoms with Crippen LogP contribution < -0.4 is 15.4 Å². The summed E-state index contributed by atoms with van der Waals surface area (Å²) in [6.07, 6.45) is 5.43. The van der Waals surface area contributed by atoms with Crippen LogP contribution in [0.2, 0.25) is 0 Å². The van der Waals surface area contributed by atoms with E-state index >= 15 is 0 Å². The lowest BCUT2D eigenvalue weighted by Crippen LogP contribution is -2.42. The summed E-state index contributed by atoms with van der Waals surface area (Å²) in [6.45, 7) is 6.58. The summed E-state index contributed by atoms with van der Waals surface area (Å²) in [4.78, 5) is 24.5. The van der Waals surface area contributed by atoms with E-state index in [0.717, 1.165) is 31.4 Å². The number of nitrogens with zero attached hydrogens (tertiary/aromatic N) is 4. The van der Waals surface area contributed by atoms with Gasteiger partial charge >= 0.3 is 6.09 Å². The average molecular weight is 490 g/mol. The highest BCUT2D eigenvalue weighted by Crippen LogP contribution is 2.31. The summed E-state index contributed by atoms with van der Waals surface area (Å²) in [6, 6.07) is 3.08. The van der Waals surface area contributed by atoms with E-state index in [-0.39, 0.29) is 29.7 Å². The van der Waals surface area contributed by atoms with Gasteiger partial charge in [0, 0.05) is 38.1 Å². The Hall–Kier alpha value is -3.01. The van der Waals surface area contributed by atoms with Crippen molar-refractivity contribution in [2.24, 2.45) is 11.7 Å². The standard InChI is InChI=1S/C25H33F2N5O3/c1-3-10-34-25(33)31-8-6-17(7-9-31)16(2)35-19-12-29-24(30-13-19)32-14-21(23(28)15-32)20-11-18(26)4-5-22(20)27/h4-5,11-13,16-17,21,23H,3,6-10,14-15,28H2,1-2H3/t16-,21+,23-/m0/s1. The maximum atomic E-state index is 14.2. The summed E-state index contributed by atoms with van der Waals surface area (Å²) >= 11 is 0. The van der Waals surface area contributed by atoms with Gasteiger partial charge in [-0.2, -0.15) is 0 Å². The number of piperidine rings is 1. The van der Waals surface area contributed by atoms with Crippen LogP contribution in [0.25, 0.3) is 0 Å². The second-order valence-electron chi connectivity index (χ2n) is 9.32. The first-order valence-electron chi connectivity index (χ1n) is 12.2. The number of ether oxygens (including phenoxy) is 2. The summed E-state index contributed by atoms with van der Waals surface area (Å²) in [5.41, 5.74) is 6.52. The predicted molar refractivity (Wildman–Crippen MR) is 127 cm³/mol. The second kappa shape index (κ2) is 11.2. The SMILES string of the molecule is CCCOC(=O)N1CCC([C@H](C)Oc2cnc(N3C[C@H](c4cc(F)ccc4F)[C@@H](N)C3)nc2)CC1. The Morgan fingerprint density at radius 2 is 1.91 bits per heavy atom. The molecule has 3 atom stereocenters. The first-order chi connectivity index (χ1) is 16.9. The number of rotatable bonds is 7. The van der Waals surface area contributed by atoms with E-state index in [4.69, 9.17) is 15.2 Å². The van der Waals surface area contributed by atoms with E-state index in [1.807, 2.05) is 18.7 Å². The van der Waals surface area contributed by atoms with Gasteiger partial charge in [0.25, 0.3) is 0 Å². The normalized spacial score (nSPS) is 21.7. The average Bonchev–Trinajstić information content (AvgIpc) is 3.25. The highest BCUT2D eigenvalue weighted by atomic mass is 19.1. The minimum Gasteiger partial charge on any atom is -0.487 e. The van der Waals surface area contributed by atoms with Gasteiger partial charge in [-0.25, -0.2) is 23.5 Å². The van der Waals surface area contributed by atoms with Crippen LogP contribution in [0.1, 0.15) is 44.6 Å². The van der Waals surface area contributed by atoms with Crippen molar-refractivity contribution in [3.05, 3.63) is 47.8 Å². The molecule has 2 aromatic rings. The molecule has 2 aliphatic heterocycles. The molecule has 2 saturated heterocycles. The van der Waals surface area contributed by atoms with E-state index in [0.29, 0.717) is 50.4 Å². The van der Waals surface area contributed by atoms with E-state index in [1.54, 1.807) is 17.3 Å². The van der Waals surface area contributed by atoms with Crippen LogP contribution in [-0.4, -0.2) is 65.9 Å². The van der Waals surface area contributed by atoms with E-state index in [9.17, 15) is 13.6 Å². The lowest BCUT2D eigenvalue weighted by molar-refractivity contribution is 0.0636. The van der Waals surface area contributed by atoms with E-state index in [2.05, 4.69) is 9.97 Å². The molecule has 2 fully saturated rings. The van der Waals surface area contributed by atoms with Crippen LogP contribution in [-0.2, 0) is 4.74 Å². The lowest BCUT2D eigenvalue weighted by atomic mass is 9.92. The number of likely N-dealkylation sites (tertiary alicyclic amines) is 1. The molecule has 190 valence electrons.